The first-order chi connectivity index (χ1) is 12.9. The van der Waals surface area contributed by atoms with Crippen LogP contribution in [0.2, 0.25) is 0 Å². The molecule has 2 aromatic rings. The monoisotopic (exact) mass is 366 g/mol. The molecular weight excluding hydrogens is 348 g/mol. The van der Waals surface area contributed by atoms with Gasteiger partial charge in [-0.05, 0) is 29.2 Å². The molecule has 0 bridgehead atoms. The first-order valence-electron chi connectivity index (χ1n) is 8.40. The summed E-state index contributed by atoms with van der Waals surface area (Å²) in [4.78, 5) is 39.9. The number of nitrogens with one attached hydrogen (secondary N) is 1. The third kappa shape index (κ3) is 3.72. The average molecular weight is 366 g/mol. The van der Waals surface area contributed by atoms with E-state index in [0.29, 0.717) is 11.1 Å². The van der Waals surface area contributed by atoms with Crippen LogP contribution in [0, 0.1) is 5.92 Å². The minimum Gasteiger partial charge on any atom is -0.478 e. The fraction of sp³-hybridized carbons (Fsp3) is 0.200. The van der Waals surface area contributed by atoms with Crippen molar-refractivity contribution in [3.63, 3.8) is 0 Å². The van der Waals surface area contributed by atoms with Gasteiger partial charge >= 0.3 is 12.0 Å². The van der Waals surface area contributed by atoms with E-state index in [4.69, 9.17) is 4.74 Å². The van der Waals surface area contributed by atoms with Crippen LogP contribution in [0.15, 0.2) is 53.5 Å². The van der Waals surface area contributed by atoms with Gasteiger partial charge in [0.1, 0.15) is 0 Å². The molecule has 0 saturated carbocycles. The molecule has 138 valence electrons. The van der Waals surface area contributed by atoms with Crippen molar-refractivity contribution >= 4 is 23.8 Å². The number of benzene rings is 2. The van der Waals surface area contributed by atoms with Gasteiger partial charge in [0.25, 0.3) is 11.8 Å². The van der Waals surface area contributed by atoms with Crippen LogP contribution in [-0.2, 0) is 9.53 Å². The van der Waals surface area contributed by atoms with Crippen LogP contribution in [0.25, 0.3) is 11.1 Å². The molecule has 0 aliphatic carbocycles. The van der Waals surface area contributed by atoms with Crippen molar-refractivity contribution in [1.82, 2.24) is 5.32 Å². The second-order valence-electron chi connectivity index (χ2n) is 6.39. The van der Waals surface area contributed by atoms with Crippen molar-refractivity contribution < 1.29 is 24.2 Å². The average Bonchev–Trinajstić information content (AvgIpc) is 3.02. The molecule has 1 aliphatic rings. The number of aromatic carboxylic acids is 1. The molecule has 0 aromatic heterocycles. The lowest BCUT2D eigenvalue weighted by Gasteiger charge is -2.11. The van der Waals surface area contributed by atoms with Gasteiger partial charge in [-0.3, -0.25) is 14.9 Å². The van der Waals surface area contributed by atoms with Crippen molar-refractivity contribution in [2.24, 2.45) is 10.9 Å². The highest BCUT2D eigenvalue weighted by Crippen LogP contribution is 2.28. The summed E-state index contributed by atoms with van der Waals surface area (Å²) in [5.41, 5.74) is 1.14. The first-order valence-corrected chi connectivity index (χ1v) is 8.40. The smallest absolute Gasteiger partial charge is 0.336 e. The van der Waals surface area contributed by atoms with Crippen LogP contribution in [0.1, 0.15) is 34.6 Å². The van der Waals surface area contributed by atoms with Crippen LogP contribution in [0.3, 0.4) is 0 Å². The summed E-state index contributed by atoms with van der Waals surface area (Å²) in [6, 6.07) is 12.8. The van der Waals surface area contributed by atoms with Gasteiger partial charge in [0.2, 0.25) is 0 Å². The van der Waals surface area contributed by atoms with Crippen molar-refractivity contribution in [3.8, 4) is 11.1 Å². The van der Waals surface area contributed by atoms with Gasteiger partial charge in [0, 0.05) is 5.56 Å². The van der Waals surface area contributed by atoms with E-state index >= 15 is 0 Å². The zero-order chi connectivity index (χ0) is 19.6. The maximum atomic E-state index is 12.7. The fourth-order valence-electron chi connectivity index (χ4n) is 2.83. The Kier molecular flexibility index (Phi) is 5.03. The molecule has 1 saturated heterocycles. The lowest BCUT2D eigenvalue weighted by Crippen LogP contribution is -2.28. The molecule has 2 aromatic carbocycles. The Hall–Kier alpha value is -3.48. The van der Waals surface area contributed by atoms with E-state index in [0.717, 1.165) is 0 Å². The van der Waals surface area contributed by atoms with Gasteiger partial charge in [0.15, 0.2) is 6.10 Å². The second kappa shape index (κ2) is 7.41. The van der Waals surface area contributed by atoms with Gasteiger partial charge in [-0.15, -0.1) is 0 Å². The molecule has 7 nitrogen and oxygen atoms in total. The second-order valence-corrected chi connectivity index (χ2v) is 6.39. The number of carboxylic acids is 1. The summed E-state index contributed by atoms with van der Waals surface area (Å²) >= 11 is 0. The Morgan fingerprint density at radius 2 is 1.59 bits per heavy atom. The first kappa shape index (κ1) is 18.3. The zero-order valence-electron chi connectivity index (χ0n) is 14.8. The topological polar surface area (TPSA) is 105 Å². The Balaban J connectivity index is 1.98. The number of carbonyl (C=O) groups is 3. The quantitative estimate of drug-likeness (QED) is 0.866. The Labute approximate surface area is 155 Å². The number of hydrogen-bond acceptors (Lipinski definition) is 4. The van der Waals surface area contributed by atoms with Crippen LogP contribution < -0.4 is 5.32 Å². The predicted octanol–water partition coefficient (Wildman–Crippen LogP) is 2.72. The van der Waals surface area contributed by atoms with Crippen LogP contribution in [0.4, 0.5) is 0 Å². The number of carbonyl (C=O) groups excluding carboxylic acids is 2. The Morgan fingerprint density at radius 3 is 2.15 bits per heavy atom. The Bertz CT molecular complexity index is 949. The summed E-state index contributed by atoms with van der Waals surface area (Å²) in [6.07, 6.45) is -0.695. The number of carboxylic acid groups (broad SMARTS) is 1. The molecule has 1 atom stereocenters. The molecule has 0 spiro atoms. The van der Waals surface area contributed by atoms with Gasteiger partial charge in [-0.25, -0.2) is 4.79 Å². The van der Waals surface area contributed by atoms with E-state index in [-0.39, 0.29) is 29.0 Å². The van der Waals surface area contributed by atoms with E-state index in [1.54, 1.807) is 42.5 Å². The summed E-state index contributed by atoms with van der Waals surface area (Å²) in [5, 5.41) is 11.9. The van der Waals surface area contributed by atoms with Gasteiger partial charge < -0.3 is 9.84 Å². The Morgan fingerprint density at radius 1 is 1.04 bits per heavy atom. The molecule has 1 aliphatic heterocycles. The number of amides is 2. The lowest BCUT2D eigenvalue weighted by molar-refractivity contribution is -0.124. The normalized spacial score (nSPS) is 17.7. The SMILES string of the molecule is CC(C)C1OC(=NC(=O)c2ccccc2-c2ccccc2C(=O)O)NC1=O. The molecule has 2 amide bonds. The molecule has 2 N–H and O–H groups in total. The van der Waals surface area contributed by atoms with Gasteiger partial charge in [0.05, 0.1) is 5.56 Å². The molecule has 1 heterocycles. The van der Waals surface area contributed by atoms with Crippen molar-refractivity contribution in [2.45, 2.75) is 20.0 Å². The van der Waals surface area contributed by atoms with Gasteiger partial charge in [-0.2, -0.15) is 4.99 Å². The molecular formula is C20H18N2O5. The van der Waals surface area contributed by atoms with Gasteiger partial charge in [-0.1, -0.05) is 50.2 Å². The predicted molar refractivity (Wildman–Crippen MR) is 98.5 cm³/mol. The summed E-state index contributed by atoms with van der Waals surface area (Å²) in [7, 11) is 0. The summed E-state index contributed by atoms with van der Waals surface area (Å²) in [6.45, 7) is 3.65. The number of rotatable bonds is 4. The highest BCUT2D eigenvalue weighted by Gasteiger charge is 2.34. The number of amidine groups is 1. The number of ether oxygens (including phenoxy) is 1. The third-order valence-corrected chi connectivity index (χ3v) is 4.14. The van der Waals surface area contributed by atoms with Crippen LogP contribution in [0.5, 0.6) is 0 Å². The minimum absolute atomic E-state index is 0.0671. The summed E-state index contributed by atoms with van der Waals surface area (Å²) in [5.74, 6) is -2.14. The molecule has 3 rings (SSSR count). The largest absolute Gasteiger partial charge is 0.478 e. The molecule has 1 fully saturated rings. The number of nitrogens with zero attached hydrogens (tertiary/aromatic N) is 1. The van der Waals surface area contributed by atoms with E-state index in [9.17, 15) is 19.5 Å². The van der Waals surface area contributed by atoms with Crippen molar-refractivity contribution in [2.75, 3.05) is 0 Å². The molecule has 1 unspecified atom stereocenters. The molecule has 0 radical (unpaired) electrons. The van der Waals surface area contributed by atoms with Crippen molar-refractivity contribution in [1.29, 1.82) is 0 Å². The standard InChI is InChI=1S/C20H18N2O5/c1-11(2)16-18(24)22-20(27-16)21-17(23)14-9-5-3-7-12(14)13-8-4-6-10-15(13)19(25)26/h3-11,16H,1-2H3,(H,25,26)(H,21,22,23,24). The van der Waals surface area contributed by atoms with Crippen LogP contribution in [-0.4, -0.2) is 35.0 Å². The number of aliphatic imine (C=N–C) groups is 1. The van der Waals surface area contributed by atoms with E-state index < -0.39 is 18.0 Å². The zero-order valence-corrected chi connectivity index (χ0v) is 14.8. The lowest BCUT2D eigenvalue weighted by atomic mass is 9.95. The van der Waals surface area contributed by atoms with Crippen molar-refractivity contribution in [3.05, 3.63) is 59.7 Å². The minimum atomic E-state index is -1.09. The molecule has 7 heteroatoms. The van der Waals surface area contributed by atoms with E-state index in [2.05, 4.69) is 10.3 Å². The number of hydrogen-bond donors (Lipinski definition) is 2. The van der Waals surface area contributed by atoms with Crippen LogP contribution >= 0.6 is 0 Å². The highest BCUT2D eigenvalue weighted by molar-refractivity contribution is 6.11. The highest BCUT2D eigenvalue weighted by atomic mass is 16.5. The fourth-order valence-corrected chi connectivity index (χ4v) is 2.83. The summed E-state index contributed by atoms with van der Waals surface area (Å²) < 4.78 is 5.41. The third-order valence-electron chi connectivity index (χ3n) is 4.14. The van der Waals surface area contributed by atoms with E-state index in [1.807, 2.05) is 13.8 Å². The maximum absolute atomic E-state index is 12.7. The molecule has 27 heavy (non-hydrogen) atoms. The maximum Gasteiger partial charge on any atom is 0.336 e. The van der Waals surface area contributed by atoms with E-state index in [1.165, 1.54) is 6.07 Å².